The molecule has 0 saturated carbocycles. The van der Waals surface area contributed by atoms with Crippen molar-refractivity contribution < 1.29 is 4.74 Å². The van der Waals surface area contributed by atoms with Crippen molar-refractivity contribution in [1.82, 2.24) is 9.97 Å². The van der Waals surface area contributed by atoms with Crippen molar-refractivity contribution in [3.8, 4) is 17.1 Å². The smallest absolute Gasteiger partial charge is 0.142 e. The van der Waals surface area contributed by atoms with Gasteiger partial charge in [-0.1, -0.05) is 26.0 Å². The van der Waals surface area contributed by atoms with Crippen LogP contribution in [0.2, 0.25) is 0 Å². The van der Waals surface area contributed by atoms with Crippen LogP contribution in [0.25, 0.3) is 22.4 Å². The fraction of sp³-hybridized carbons (Fsp3) is 0.235. The third kappa shape index (κ3) is 2.84. The van der Waals surface area contributed by atoms with Crippen molar-refractivity contribution in [2.45, 2.75) is 13.8 Å². The summed E-state index contributed by atoms with van der Waals surface area (Å²) in [6.07, 6.45) is 0. The summed E-state index contributed by atoms with van der Waals surface area (Å²) in [6, 6.07) is 13.7. The van der Waals surface area contributed by atoms with E-state index in [1.807, 2.05) is 42.5 Å². The molecule has 0 radical (unpaired) electrons. The van der Waals surface area contributed by atoms with Crippen LogP contribution in [0.5, 0.6) is 5.75 Å². The van der Waals surface area contributed by atoms with Gasteiger partial charge in [0.2, 0.25) is 0 Å². The van der Waals surface area contributed by atoms with Crippen LogP contribution < -0.4 is 10.5 Å². The zero-order valence-corrected chi connectivity index (χ0v) is 12.3. The number of ether oxygens (including phenoxy) is 1. The van der Waals surface area contributed by atoms with E-state index in [9.17, 15) is 0 Å². The van der Waals surface area contributed by atoms with E-state index in [0.717, 1.165) is 28.2 Å². The van der Waals surface area contributed by atoms with Crippen molar-refractivity contribution in [1.29, 1.82) is 0 Å². The maximum Gasteiger partial charge on any atom is 0.142 e. The predicted molar refractivity (Wildman–Crippen MR) is 86.3 cm³/mol. The molecule has 0 amide bonds. The fourth-order valence-electron chi connectivity index (χ4n) is 2.17. The number of benzene rings is 2. The van der Waals surface area contributed by atoms with Crippen LogP contribution in [0.4, 0.5) is 5.69 Å². The molecule has 2 aromatic carbocycles. The van der Waals surface area contributed by atoms with Crippen LogP contribution in [0.15, 0.2) is 42.5 Å². The summed E-state index contributed by atoms with van der Waals surface area (Å²) >= 11 is 0. The lowest BCUT2D eigenvalue weighted by Crippen LogP contribution is -2.06. The Kier molecular flexibility index (Phi) is 3.52. The van der Waals surface area contributed by atoms with Gasteiger partial charge in [0.1, 0.15) is 11.6 Å². The minimum Gasteiger partial charge on any atom is -0.491 e. The summed E-state index contributed by atoms with van der Waals surface area (Å²) in [5, 5.41) is 0. The molecule has 0 aliphatic rings. The average Bonchev–Trinajstić information content (AvgIpc) is 2.89. The third-order valence-corrected chi connectivity index (χ3v) is 3.24. The number of aromatic amines is 1. The van der Waals surface area contributed by atoms with Gasteiger partial charge in [-0.05, 0) is 36.2 Å². The molecule has 1 heterocycles. The van der Waals surface area contributed by atoms with Gasteiger partial charge in [-0.25, -0.2) is 4.98 Å². The molecule has 3 rings (SSSR count). The van der Waals surface area contributed by atoms with Gasteiger partial charge in [-0.3, -0.25) is 0 Å². The second kappa shape index (κ2) is 5.48. The lowest BCUT2D eigenvalue weighted by atomic mass is 10.2. The second-order valence-electron chi connectivity index (χ2n) is 5.56. The minimum absolute atomic E-state index is 0.472. The summed E-state index contributed by atoms with van der Waals surface area (Å²) < 4.78 is 5.69. The van der Waals surface area contributed by atoms with E-state index in [0.29, 0.717) is 18.2 Å². The quantitative estimate of drug-likeness (QED) is 0.714. The molecule has 4 nitrogen and oxygen atoms in total. The number of H-pyrrole nitrogens is 1. The van der Waals surface area contributed by atoms with Crippen molar-refractivity contribution in [3.63, 3.8) is 0 Å². The van der Waals surface area contributed by atoms with Gasteiger partial charge in [0.15, 0.2) is 0 Å². The number of nitrogens with two attached hydrogens (primary N) is 1. The van der Waals surface area contributed by atoms with Crippen molar-refractivity contribution in [2.75, 3.05) is 12.3 Å². The number of fused-ring (bicyclic) bond motifs is 1. The minimum atomic E-state index is 0.472. The van der Waals surface area contributed by atoms with Crippen LogP contribution in [-0.4, -0.2) is 16.6 Å². The molecule has 0 spiro atoms. The number of para-hydroxylation sites is 2. The van der Waals surface area contributed by atoms with Gasteiger partial charge in [-0.15, -0.1) is 0 Å². The number of nitrogens with zero attached hydrogens (tertiary/aromatic N) is 1. The number of nitrogens with one attached hydrogen (secondary N) is 1. The van der Waals surface area contributed by atoms with Crippen LogP contribution in [-0.2, 0) is 0 Å². The first kappa shape index (κ1) is 13.5. The standard InChI is InChI=1S/C17H19N3O/c1-11(2)10-21-16-8-7-12(9-13(16)18)17-19-14-5-3-4-6-15(14)20-17/h3-9,11H,10,18H2,1-2H3,(H,19,20). The zero-order valence-electron chi connectivity index (χ0n) is 12.3. The lowest BCUT2D eigenvalue weighted by molar-refractivity contribution is 0.272. The SMILES string of the molecule is CC(C)COc1ccc(-c2nc3ccccc3[nH]2)cc1N. The maximum atomic E-state index is 6.07. The van der Waals surface area contributed by atoms with Crippen LogP contribution in [0.1, 0.15) is 13.8 Å². The number of hydrogen-bond donors (Lipinski definition) is 2. The summed E-state index contributed by atoms with van der Waals surface area (Å²) in [5.41, 5.74) is 9.63. The topological polar surface area (TPSA) is 63.9 Å². The molecule has 0 fully saturated rings. The highest BCUT2D eigenvalue weighted by molar-refractivity contribution is 5.80. The van der Waals surface area contributed by atoms with Crippen LogP contribution >= 0.6 is 0 Å². The molecule has 3 N–H and O–H groups in total. The molecule has 0 unspecified atom stereocenters. The molecule has 0 saturated heterocycles. The Labute approximate surface area is 124 Å². The van der Waals surface area contributed by atoms with Gasteiger partial charge in [-0.2, -0.15) is 0 Å². The monoisotopic (exact) mass is 281 g/mol. The van der Waals surface area contributed by atoms with Gasteiger partial charge in [0.05, 0.1) is 23.3 Å². The first-order valence-electron chi connectivity index (χ1n) is 7.11. The number of anilines is 1. The first-order chi connectivity index (χ1) is 10.1. The van der Waals surface area contributed by atoms with E-state index in [1.165, 1.54) is 0 Å². The lowest BCUT2D eigenvalue weighted by Gasteiger charge is -2.11. The fourth-order valence-corrected chi connectivity index (χ4v) is 2.17. The summed E-state index contributed by atoms with van der Waals surface area (Å²) in [7, 11) is 0. The van der Waals surface area contributed by atoms with Crippen LogP contribution in [0, 0.1) is 5.92 Å². The Morgan fingerprint density at radius 1 is 1.19 bits per heavy atom. The Balaban J connectivity index is 1.90. The molecule has 3 aromatic rings. The second-order valence-corrected chi connectivity index (χ2v) is 5.56. The van der Waals surface area contributed by atoms with Gasteiger partial charge < -0.3 is 15.5 Å². The highest BCUT2D eigenvalue weighted by Crippen LogP contribution is 2.28. The maximum absolute atomic E-state index is 6.07. The Morgan fingerprint density at radius 2 is 2.00 bits per heavy atom. The van der Waals surface area contributed by atoms with E-state index in [2.05, 4.69) is 23.8 Å². The van der Waals surface area contributed by atoms with Crippen molar-refractivity contribution in [2.24, 2.45) is 5.92 Å². The summed E-state index contributed by atoms with van der Waals surface area (Å²) in [4.78, 5) is 7.88. The molecule has 21 heavy (non-hydrogen) atoms. The van der Waals surface area contributed by atoms with Crippen molar-refractivity contribution >= 4 is 16.7 Å². The molecular formula is C17H19N3O. The Morgan fingerprint density at radius 3 is 2.71 bits per heavy atom. The average molecular weight is 281 g/mol. The normalized spacial score (nSPS) is 11.2. The number of imidazole rings is 1. The largest absolute Gasteiger partial charge is 0.491 e. The zero-order chi connectivity index (χ0) is 14.8. The molecular weight excluding hydrogens is 262 g/mol. The number of aromatic nitrogens is 2. The first-order valence-corrected chi connectivity index (χ1v) is 7.11. The Hall–Kier alpha value is -2.49. The number of hydrogen-bond acceptors (Lipinski definition) is 3. The van der Waals surface area contributed by atoms with Crippen LogP contribution in [0.3, 0.4) is 0 Å². The van der Waals surface area contributed by atoms with Gasteiger partial charge >= 0.3 is 0 Å². The van der Waals surface area contributed by atoms with Gasteiger partial charge in [0.25, 0.3) is 0 Å². The highest BCUT2D eigenvalue weighted by atomic mass is 16.5. The molecule has 0 bridgehead atoms. The number of rotatable bonds is 4. The van der Waals surface area contributed by atoms with Crippen molar-refractivity contribution in [3.05, 3.63) is 42.5 Å². The highest BCUT2D eigenvalue weighted by Gasteiger charge is 2.08. The molecule has 0 aliphatic carbocycles. The van der Waals surface area contributed by atoms with E-state index in [4.69, 9.17) is 10.5 Å². The van der Waals surface area contributed by atoms with Gasteiger partial charge in [0, 0.05) is 5.56 Å². The summed E-state index contributed by atoms with van der Waals surface area (Å²) in [6.45, 7) is 4.88. The molecule has 0 aliphatic heterocycles. The molecule has 108 valence electrons. The van der Waals surface area contributed by atoms with E-state index >= 15 is 0 Å². The molecule has 4 heteroatoms. The third-order valence-electron chi connectivity index (χ3n) is 3.24. The molecule has 1 aromatic heterocycles. The molecule has 0 atom stereocenters. The predicted octanol–water partition coefficient (Wildman–Crippen LogP) is 3.85. The van der Waals surface area contributed by atoms with E-state index in [-0.39, 0.29) is 0 Å². The Bertz CT molecular complexity index is 729. The van der Waals surface area contributed by atoms with E-state index in [1.54, 1.807) is 0 Å². The summed E-state index contributed by atoms with van der Waals surface area (Å²) in [5.74, 6) is 2.02. The van der Waals surface area contributed by atoms with E-state index < -0.39 is 0 Å². The number of nitrogen functional groups attached to an aromatic ring is 1.